The Bertz CT molecular complexity index is 1260. The average Bonchev–Trinajstić information content (AvgIpc) is 3.39. The third-order valence-electron chi connectivity index (χ3n) is 5.53. The summed E-state index contributed by atoms with van der Waals surface area (Å²) in [6.45, 7) is 7.94. The summed E-state index contributed by atoms with van der Waals surface area (Å²) in [6, 6.07) is 11.7. The van der Waals surface area contributed by atoms with Gasteiger partial charge in [0.25, 0.3) is 5.52 Å². The molecule has 0 radical (unpaired) electrons. The summed E-state index contributed by atoms with van der Waals surface area (Å²) >= 11 is 3.70. The van der Waals surface area contributed by atoms with Gasteiger partial charge in [-0.2, -0.15) is 4.57 Å². The van der Waals surface area contributed by atoms with E-state index in [-0.39, 0.29) is 0 Å². The van der Waals surface area contributed by atoms with Crippen molar-refractivity contribution in [1.29, 1.82) is 5.26 Å². The van der Waals surface area contributed by atoms with Crippen LogP contribution in [0.25, 0.3) is 17.2 Å². The first-order valence-electron chi connectivity index (χ1n) is 11.1. The molecule has 4 rings (SSSR count). The number of anilines is 1. The molecule has 2 aromatic carbocycles. The molecule has 0 bridgehead atoms. The number of thiocyanates is 1. The summed E-state index contributed by atoms with van der Waals surface area (Å²) < 4.78 is 25.2. The SMILES string of the molecule is CCC(=Cc1oc2ccc(OC)cc2[n+]1CC)C=C1Oc2ccc(OC)cc2N1CC.N#C[S-]. The van der Waals surface area contributed by atoms with E-state index < -0.39 is 0 Å². The van der Waals surface area contributed by atoms with Crippen LogP contribution in [-0.2, 0) is 19.2 Å². The monoisotopic (exact) mass is 479 g/mol. The number of methoxy groups -OCH3 is 2. The van der Waals surface area contributed by atoms with E-state index in [2.05, 4.69) is 55.0 Å². The molecule has 34 heavy (non-hydrogen) atoms. The number of oxazole rings is 1. The van der Waals surface area contributed by atoms with Gasteiger partial charge in [0.15, 0.2) is 5.75 Å². The lowest BCUT2D eigenvalue weighted by Crippen LogP contribution is -2.33. The van der Waals surface area contributed by atoms with E-state index in [0.29, 0.717) is 0 Å². The number of hydrogen-bond acceptors (Lipinski definition) is 7. The van der Waals surface area contributed by atoms with Crippen molar-refractivity contribution in [1.82, 2.24) is 0 Å². The van der Waals surface area contributed by atoms with Crippen molar-refractivity contribution in [2.24, 2.45) is 0 Å². The van der Waals surface area contributed by atoms with Gasteiger partial charge in [-0.3, -0.25) is 0 Å². The van der Waals surface area contributed by atoms with Crippen molar-refractivity contribution in [2.45, 2.75) is 33.7 Å². The summed E-state index contributed by atoms with van der Waals surface area (Å²) in [4.78, 5) is 2.15. The molecule has 0 N–H and O–H groups in total. The van der Waals surface area contributed by atoms with E-state index in [1.165, 1.54) is 5.40 Å². The first-order valence-corrected chi connectivity index (χ1v) is 11.5. The first-order chi connectivity index (χ1) is 16.5. The van der Waals surface area contributed by atoms with Crippen molar-refractivity contribution >= 4 is 35.5 Å². The lowest BCUT2D eigenvalue weighted by atomic mass is 10.2. The second-order valence-corrected chi connectivity index (χ2v) is 7.53. The van der Waals surface area contributed by atoms with E-state index in [0.717, 1.165) is 70.9 Å². The number of ether oxygens (including phenoxy) is 3. The number of benzene rings is 2. The van der Waals surface area contributed by atoms with Crippen LogP contribution in [0.1, 0.15) is 33.1 Å². The third-order valence-corrected chi connectivity index (χ3v) is 5.53. The van der Waals surface area contributed by atoms with Crippen molar-refractivity contribution in [3.05, 3.63) is 59.8 Å². The predicted octanol–water partition coefficient (Wildman–Crippen LogP) is 5.33. The molecule has 0 unspecified atom stereocenters. The van der Waals surface area contributed by atoms with Crippen LogP contribution in [0.3, 0.4) is 0 Å². The van der Waals surface area contributed by atoms with E-state index >= 15 is 0 Å². The van der Waals surface area contributed by atoms with Crippen molar-refractivity contribution in [3.63, 3.8) is 0 Å². The minimum absolute atomic E-state index is 0.794. The lowest BCUT2D eigenvalue weighted by molar-refractivity contribution is -0.674. The van der Waals surface area contributed by atoms with Crippen LogP contribution < -0.4 is 23.7 Å². The van der Waals surface area contributed by atoms with E-state index in [1.54, 1.807) is 14.2 Å². The molecule has 0 spiro atoms. The topological polar surface area (TPSA) is 71.7 Å². The zero-order valence-electron chi connectivity index (χ0n) is 20.1. The molecule has 0 saturated carbocycles. The molecule has 0 atom stereocenters. The zero-order valence-corrected chi connectivity index (χ0v) is 20.9. The second kappa shape index (κ2) is 11.4. The first kappa shape index (κ1) is 24.9. The van der Waals surface area contributed by atoms with Gasteiger partial charge in [-0.05, 0) is 50.1 Å². The second-order valence-electron chi connectivity index (χ2n) is 7.34. The molecule has 2 heterocycles. The van der Waals surface area contributed by atoms with Gasteiger partial charge in [0.2, 0.25) is 11.5 Å². The minimum Gasteiger partial charge on any atom is -0.696 e. The number of aryl methyl sites for hydroxylation is 1. The fourth-order valence-electron chi connectivity index (χ4n) is 3.85. The highest BCUT2D eigenvalue weighted by Crippen LogP contribution is 2.41. The minimum atomic E-state index is 0.794. The highest BCUT2D eigenvalue weighted by molar-refractivity contribution is 7.64. The summed E-state index contributed by atoms with van der Waals surface area (Å²) in [5.41, 5.74) is 3.98. The van der Waals surface area contributed by atoms with E-state index in [9.17, 15) is 0 Å². The van der Waals surface area contributed by atoms with Crippen LogP contribution >= 0.6 is 0 Å². The van der Waals surface area contributed by atoms with Gasteiger partial charge in [-0.25, -0.2) is 5.26 Å². The van der Waals surface area contributed by atoms with Crippen LogP contribution in [0.4, 0.5) is 5.69 Å². The molecule has 178 valence electrons. The number of hydrogen-bond donors (Lipinski definition) is 0. The fourth-order valence-corrected chi connectivity index (χ4v) is 3.85. The molecular formula is C26H29N3O4S. The maximum absolute atomic E-state index is 7.13. The van der Waals surface area contributed by atoms with Crippen LogP contribution in [-0.4, -0.2) is 20.8 Å². The van der Waals surface area contributed by atoms with E-state index in [4.69, 9.17) is 23.9 Å². The molecule has 0 fully saturated rings. The number of aromatic nitrogens is 1. The van der Waals surface area contributed by atoms with Crippen LogP contribution in [0.15, 0.2) is 58.3 Å². The molecule has 1 aliphatic rings. The van der Waals surface area contributed by atoms with Gasteiger partial charge in [0, 0.05) is 18.7 Å². The molecular weight excluding hydrogens is 450 g/mol. The standard InChI is InChI=1S/C25H29N2O4.CHNS/c1-6-17(13-24-26(7-2)20-15-18(28-4)9-11-22(20)30-24)14-25-27(8-3)21-16-19(29-5)10-12-23(21)31-25;2-1-3/h9-16H,6-8H2,1-5H3;3H/q+1;/p-1. The fraction of sp³-hybridized carbons (Fsp3) is 0.308. The number of rotatable bonds is 7. The Morgan fingerprint density at radius 3 is 2.41 bits per heavy atom. The van der Waals surface area contributed by atoms with Crippen molar-refractivity contribution in [3.8, 4) is 22.6 Å². The summed E-state index contributed by atoms with van der Waals surface area (Å²) in [7, 11) is 3.35. The molecule has 0 saturated heterocycles. The number of nitriles is 1. The Morgan fingerprint density at radius 1 is 1.12 bits per heavy atom. The van der Waals surface area contributed by atoms with Crippen LogP contribution in [0.5, 0.6) is 17.2 Å². The third kappa shape index (κ3) is 5.10. The van der Waals surface area contributed by atoms with Crippen molar-refractivity contribution in [2.75, 3.05) is 25.7 Å². The van der Waals surface area contributed by atoms with Crippen LogP contribution in [0.2, 0.25) is 0 Å². The summed E-state index contributed by atoms with van der Waals surface area (Å²) in [5.74, 6) is 4.08. The van der Waals surface area contributed by atoms with Crippen molar-refractivity contribution < 1.29 is 23.2 Å². The van der Waals surface area contributed by atoms with Gasteiger partial charge < -0.3 is 36.2 Å². The van der Waals surface area contributed by atoms with Gasteiger partial charge in [-0.15, -0.1) is 0 Å². The lowest BCUT2D eigenvalue weighted by Gasteiger charge is -2.16. The normalized spacial score (nSPS) is 13.7. The smallest absolute Gasteiger partial charge is 0.374 e. The molecule has 0 aliphatic carbocycles. The van der Waals surface area contributed by atoms with Gasteiger partial charge >= 0.3 is 5.89 Å². The van der Waals surface area contributed by atoms with E-state index in [1.807, 2.05) is 36.4 Å². The highest BCUT2D eigenvalue weighted by atomic mass is 32.1. The average molecular weight is 480 g/mol. The maximum atomic E-state index is 7.13. The Morgan fingerprint density at radius 2 is 1.79 bits per heavy atom. The predicted molar refractivity (Wildman–Crippen MR) is 135 cm³/mol. The highest BCUT2D eigenvalue weighted by Gasteiger charge is 2.26. The van der Waals surface area contributed by atoms with Gasteiger partial charge in [0.1, 0.15) is 18.0 Å². The zero-order chi connectivity index (χ0) is 24.7. The Labute approximate surface area is 205 Å². The molecule has 1 aromatic heterocycles. The Balaban J connectivity index is 0.00000103. The molecule has 0 amide bonds. The summed E-state index contributed by atoms with van der Waals surface area (Å²) in [5, 5.41) is 8.47. The quantitative estimate of drug-likeness (QED) is 0.258. The largest absolute Gasteiger partial charge is 0.696 e. The Hall–Kier alpha value is -3.70. The molecule has 8 heteroatoms. The molecule has 7 nitrogen and oxygen atoms in total. The Kier molecular flexibility index (Phi) is 8.39. The maximum Gasteiger partial charge on any atom is 0.374 e. The van der Waals surface area contributed by atoms with Gasteiger partial charge in [-0.1, -0.05) is 12.3 Å². The molecule has 1 aliphatic heterocycles. The van der Waals surface area contributed by atoms with Crippen LogP contribution in [0, 0.1) is 10.7 Å². The number of fused-ring (bicyclic) bond motifs is 2. The van der Waals surface area contributed by atoms with Gasteiger partial charge in [0.05, 0.1) is 32.0 Å². The number of allylic oxidation sites excluding steroid dienone is 2. The number of nitrogens with zero attached hydrogens (tertiary/aromatic N) is 3. The summed E-state index contributed by atoms with van der Waals surface area (Å²) in [6.07, 6.45) is 5.02. The molecule has 3 aromatic rings.